The Balaban J connectivity index is 1.88. The Morgan fingerprint density at radius 2 is 2.10 bits per heavy atom. The highest BCUT2D eigenvalue weighted by Crippen LogP contribution is 2.27. The van der Waals surface area contributed by atoms with Gasteiger partial charge in [0.05, 0.1) is 0 Å². The molecular formula is C15H20FNO3. The van der Waals surface area contributed by atoms with E-state index < -0.39 is 11.5 Å². The number of benzene rings is 1. The zero-order chi connectivity index (χ0) is 14.6. The van der Waals surface area contributed by atoms with Gasteiger partial charge < -0.3 is 9.84 Å². The normalized spacial score (nSPS) is 23.5. The molecular weight excluding hydrogens is 261 g/mol. The molecule has 0 saturated carbocycles. The fourth-order valence-electron chi connectivity index (χ4n) is 2.58. The van der Waals surface area contributed by atoms with Crippen molar-refractivity contribution < 1.29 is 19.0 Å². The summed E-state index contributed by atoms with van der Waals surface area (Å²) in [7, 11) is 0. The monoisotopic (exact) mass is 281 g/mol. The average Bonchev–Trinajstić information content (AvgIpc) is 2.43. The van der Waals surface area contributed by atoms with Crippen LogP contribution < -0.4 is 4.74 Å². The fourth-order valence-corrected chi connectivity index (χ4v) is 2.58. The summed E-state index contributed by atoms with van der Waals surface area (Å²) in [5, 5.41) is 9.39. The Morgan fingerprint density at radius 1 is 1.40 bits per heavy atom. The second kappa shape index (κ2) is 6.22. The van der Waals surface area contributed by atoms with Crippen LogP contribution in [-0.4, -0.2) is 41.2 Å². The Kier molecular flexibility index (Phi) is 4.60. The zero-order valence-corrected chi connectivity index (χ0v) is 11.6. The van der Waals surface area contributed by atoms with E-state index in [1.54, 1.807) is 19.1 Å². The summed E-state index contributed by atoms with van der Waals surface area (Å²) in [5.41, 5.74) is -0.801. The van der Waals surface area contributed by atoms with Crippen molar-refractivity contribution in [2.24, 2.45) is 0 Å². The maximum Gasteiger partial charge on any atom is 0.323 e. The molecule has 1 N–H and O–H groups in total. The highest BCUT2D eigenvalue weighted by molar-refractivity contribution is 5.78. The lowest BCUT2D eigenvalue weighted by Crippen LogP contribution is -2.56. The number of rotatable bonds is 5. The molecule has 1 saturated heterocycles. The number of hydrogen-bond donors (Lipinski definition) is 1. The van der Waals surface area contributed by atoms with Crippen molar-refractivity contribution in [1.29, 1.82) is 0 Å². The van der Waals surface area contributed by atoms with Gasteiger partial charge in [0.2, 0.25) is 0 Å². The van der Waals surface area contributed by atoms with Crippen LogP contribution in [0.5, 0.6) is 5.75 Å². The van der Waals surface area contributed by atoms with Crippen LogP contribution in [0.25, 0.3) is 0 Å². The molecule has 0 amide bonds. The van der Waals surface area contributed by atoms with E-state index >= 15 is 0 Å². The summed E-state index contributed by atoms with van der Waals surface area (Å²) in [6.07, 6.45) is 2.62. The highest BCUT2D eigenvalue weighted by Gasteiger charge is 2.40. The van der Waals surface area contributed by atoms with Gasteiger partial charge in [-0.05, 0) is 57.0 Å². The number of nitrogens with zero attached hydrogens (tertiary/aromatic N) is 1. The topological polar surface area (TPSA) is 49.8 Å². The summed E-state index contributed by atoms with van der Waals surface area (Å²) < 4.78 is 18.3. The smallest absolute Gasteiger partial charge is 0.323 e. The molecule has 1 aliphatic heterocycles. The van der Waals surface area contributed by atoms with Crippen molar-refractivity contribution in [3.63, 3.8) is 0 Å². The van der Waals surface area contributed by atoms with Gasteiger partial charge in [-0.2, -0.15) is 0 Å². The minimum Gasteiger partial charge on any atom is -0.492 e. The minimum absolute atomic E-state index is 0.299. The van der Waals surface area contributed by atoms with Crippen LogP contribution in [0, 0.1) is 5.82 Å². The maximum atomic E-state index is 12.8. The van der Waals surface area contributed by atoms with Gasteiger partial charge in [0.15, 0.2) is 0 Å². The van der Waals surface area contributed by atoms with E-state index in [0.717, 1.165) is 19.4 Å². The number of piperidine rings is 1. The first-order valence-corrected chi connectivity index (χ1v) is 6.89. The molecule has 2 rings (SSSR count). The van der Waals surface area contributed by atoms with Crippen LogP contribution in [0.3, 0.4) is 0 Å². The predicted molar refractivity (Wildman–Crippen MR) is 73.4 cm³/mol. The van der Waals surface area contributed by atoms with Crippen molar-refractivity contribution >= 4 is 5.97 Å². The van der Waals surface area contributed by atoms with E-state index in [9.17, 15) is 14.3 Å². The lowest BCUT2D eigenvalue weighted by Gasteiger charge is -2.41. The number of ether oxygens (including phenoxy) is 1. The molecule has 0 radical (unpaired) electrons. The van der Waals surface area contributed by atoms with E-state index in [1.807, 2.05) is 4.90 Å². The Hall–Kier alpha value is -1.62. The Morgan fingerprint density at radius 3 is 2.75 bits per heavy atom. The van der Waals surface area contributed by atoms with E-state index in [2.05, 4.69) is 0 Å². The van der Waals surface area contributed by atoms with Crippen molar-refractivity contribution in [2.75, 3.05) is 19.7 Å². The van der Waals surface area contributed by atoms with Gasteiger partial charge in [-0.25, -0.2) is 4.39 Å². The Bertz CT molecular complexity index is 463. The molecule has 1 heterocycles. The van der Waals surface area contributed by atoms with Crippen LogP contribution in [0.1, 0.15) is 26.2 Å². The molecule has 4 nitrogen and oxygen atoms in total. The number of likely N-dealkylation sites (tertiary alicyclic amines) is 1. The third-order valence-corrected chi connectivity index (χ3v) is 3.94. The highest BCUT2D eigenvalue weighted by atomic mass is 19.1. The van der Waals surface area contributed by atoms with Gasteiger partial charge in [0.25, 0.3) is 0 Å². The molecule has 0 spiro atoms. The maximum absolute atomic E-state index is 12.8. The van der Waals surface area contributed by atoms with Crippen molar-refractivity contribution in [3.8, 4) is 5.75 Å². The first kappa shape index (κ1) is 14.8. The molecule has 1 aromatic rings. The second-order valence-corrected chi connectivity index (χ2v) is 5.33. The molecule has 0 aromatic heterocycles. The van der Waals surface area contributed by atoms with E-state index in [-0.39, 0.29) is 5.82 Å². The van der Waals surface area contributed by atoms with Crippen molar-refractivity contribution in [2.45, 2.75) is 31.7 Å². The van der Waals surface area contributed by atoms with E-state index in [1.165, 1.54) is 12.1 Å². The van der Waals surface area contributed by atoms with Crippen LogP contribution in [0.15, 0.2) is 24.3 Å². The van der Waals surface area contributed by atoms with Crippen molar-refractivity contribution in [3.05, 3.63) is 30.1 Å². The van der Waals surface area contributed by atoms with Gasteiger partial charge in [-0.1, -0.05) is 0 Å². The molecule has 0 aliphatic carbocycles. The third-order valence-electron chi connectivity index (χ3n) is 3.94. The van der Waals surface area contributed by atoms with Crippen LogP contribution >= 0.6 is 0 Å². The number of hydrogen-bond acceptors (Lipinski definition) is 3. The summed E-state index contributed by atoms with van der Waals surface area (Å²) in [6.45, 7) is 3.50. The van der Waals surface area contributed by atoms with Gasteiger partial charge in [0.1, 0.15) is 23.7 Å². The molecule has 1 fully saturated rings. The quantitative estimate of drug-likeness (QED) is 0.901. The fraction of sp³-hybridized carbons (Fsp3) is 0.533. The zero-order valence-electron chi connectivity index (χ0n) is 11.6. The van der Waals surface area contributed by atoms with Crippen LogP contribution in [0.2, 0.25) is 0 Å². The standard InChI is InChI=1S/C15H20FNO3/c1-15(14(18)19)8-2-3-9-17(15)10-11-20-13-6-4-12(16)5-7-13/h4-7H,2-3,8-11H2,1H3,(H,18,19). The van der Waals surface area contributed by atoms with Gasteiger partial charge >= 0.3 is 5.97 Å². The molecule has 0 bridgehead atoms. The van der Waals surface area contributed by atoms with Crippen molar-refractivity contribution in [1.82, 2.24) is 4.90 Å². The first-order valence-electron chi connectivity index (χ1n) is 6.89. The molecule has 1 aliphatic rings. The number of aliphatic carboxylic acids is 1. The first-order chi connectivity index (χ1) is 9.52. The summed E-state index contributed by atoms with van der Waals surface area (Å²) in [5.74, 6) is -0.480. The average molecular weight is 281 g/mol. The van der Waals surface area contributed by atoms with Crippen LogP contribution in [0.4, 0.5) is 4.39 Å². The molecule has 1 unspecified atom stereocenters. The second-order valence-electron chi connectivity index (χ2n) is 5.33. The van der Waals surface area contributed by atoms with Gasteiger partial charge in [-0.3, -0.25) is 9.69 Å². The molecule has 5 heteroatoms. The van der Waals surface area contributed by atoms with Gasteiger partial charge in [0, 0.05) is 6.54 Å². The number of carboxylic acid groups (broad SMARTS) is 1. The Labute approximate surface area is 118 Å². The van der Waals surface area contributed by atoms with Crippen LogP contribution in [-0.2, 0) is 4.79 Å². The SMILES string of the molecule is CC1(C(=O)O)CCCCN1CCOc1ccc(F)cc1. The lowest BCUT2D eigenvalue weighted by atomic mass is 9.88. The summed E-state index contributed by atoms with van der Waals surface area (Å²) in [4.78, 5) is 13.4. The molecule has 20 heavy (non-hydrogen) atoms. The minimum atomic E-state index is -0.801. The van der Waals surface area contributed by atoms with Gasteiger partial charge in [-0.15, -0.1) is 0 Å². The molecule has 1 atom stereocenters. The summed E-state index contributed by atoms with van der Waals surface area (Å²) >= 11 is 0. The summed E-state index contributed by atoms with van der Waals surface area (Å²) in [6, 6.07) is 5.83. The predicted octanol–water partition coefficient (Wildman–Crippen LogP) is 2.53. The van der Waals surface area contributed by atoms with E-state index in [4.69, 9.17) is 4.74 Å². The molecule has 1 aromatic carbocycles. The lowest BCUT2D eigenvalue weighted by molar-refractivity contribution is -0.153. The number of halogens is 1. The number of carboxylic acids is 1. The van der Waals surface area contributed by atoms with E-state index in [0.29, 0.717) is 25.3 Å². The molecule has 110 valence electrons. The third kappa shape index (κ3) is 3.28. The number of carbonyl (C=O) groups is 1. The largest absolute Gasteiger partial charge is 0.492 e.